The first kappa shape index (κ1) is 16.0. The van der Waals surface area contributed by atoms with Crippen LogP contribution in [-0.4, -0.2) is 31.6 Å². The molecule has 0 radical (unpaired) electrons. The number of unbranched alkanes of at least 4 members (excludes halogenated alkanes) is 1. The fourth-order valence-electron chi connectivity index (χ4n) is 2.92. The van der Waals surface area contributed by atoms with E-state index in [0.29, 0.717) is 6.04 Å². The summed E-state index contributed by atoms with van der Waals surface area (Å²) >= 11 is 0. The van der Waals surface area contributed by atoms with Gasteiger partial charge in [0.1, 0.15) is 0 Å². The summed E-state index contributed by atoms with van der Waals surface area (Å²) in [6.07, 6.45) is 2.54. The van der Waals surface area contributed by atoms with E-state index < -0.39 is 0 Å². The van der Waals surface area contributed by atoms with Gasteiger partial charge in [0.15, 0.2) is 0 Å². The van der Waals surface area contributed by atoms with Crippen LogP contribution < -0.4 is 5.32 Å². The van der Waals surface area contributed by atoms with Crippen LogP contribution >= 0.6 is 0 Å². The van der Waals surface area contributed by atoms with Crippen molar-refractivity contribution in [3.05, 3.63) is 48.0 Å². The Labute approximate surface area is 129 Å². The van der Waals surface area contributed by atoms with Crippen LogP contribution in [0.15, 0.2) is 42.5 Å². The zero-order chi connectivity index (χ0) is 15.1. The zero-order valence-electron chi connectivity index (χ0n) is 13.6. The van der Waals surface area contributed by atoms with E-state index in [2.05, 4.69) is 73.6 Å². The maximum Gasteiger partial charge on any atom is 0.0453 e. The van der Waals surface area contributed by atoms with E-state index in [9.17, 15) is 0 Å². The predicted molar refractivity (Wildman–Crippen MR) is 92.8 cm³/mol. The van der Waals surface area contributed by atoms with Gasteiger partial charge in [-0.1, -0.05) is 62.7 Å². The summed E-state index contributed by atoms with van der Waals surface area (Å²) in [6, 6.07) is 15.7. The molecular weight excluding hydrogens is 256 g/mol. The van der Waals surface area contributed by atoms with E-state index in [1.54, 1.807) is 0 Å². The molecule has 2 rings (SSSR count). The summed E-state index contributed by atoms with van der Waals surface area (Å²) in [5.41, 5.74) is 1.41. The van der Waals surface area contributed by atoms with E-state index in [4.69, 9.17) is 0 Å². The van der Waals surface area contributed by atoms with Crippen molar-refractivity contribution < 1.29 is 0 Å². The van der Waals surface area contributed by atoms with Gasteiger partial charge in [0.2, 0.25) is 0 Å². The zero-order valence-corrected chi connectivity index (χ0v) is 13.6. The highest BCUT2D eigenvalue weighted by Gasteiger charge is 2.15. The Kier molecular flexibility index (Phi) is 6.21. The minimum Gasteiger partial charge on any atom is -0.312 e. The molecule has 0 saturated carbocycles. The van der Waals surface area contributed by atoms with E-state index in [1.807, 2.05) is 0 Å². The molecule has 0 aliphatic rings. The Hall–Kier alpha value is -1.38. The van der Waals surface area contributed by atoms with Gasteiger partial charge in [-0.2, -0.15) is 0 Å². The second-order valence-corrected chi connectivity index (χ2v) is 5.66. The molecule has 1 unspecified atom stereocenters. The summed E-state index contributed by atoms with van der Waals surface area (Å²) in [4.78, 5) is 2.55. The first-order valence-corrected chi connectivity index (χ1v) is 8.17. The third-order valence-electron chi connectivity index (χ3n) is 4.26. The van der Waals surface area contributed by atoms with Crippen molar-refractivity contribution in [2.24, 2.45) is 0 Å². The summed E-state index contributed by atoms with van der Waals surface area (Å²) in [5.74, 6) is 0. The maximum atomic E-state index is 3.51. The van der Waals surface area contributed by atoms with Gasteiger partial charge in [-0.15, -0.1) is 0 Å². The lowest BCUT2D eigenvalue weighted by Crippen LogP contribution is -2.34. The van der Waals surface area contributed by atoms with Gasteiger partial charge in [0.25, 0.3) is 0 Å². The topological polar surface area (TPSA) is 15.3 Å². The lowest BCUT2D eigenvalue weighted by atomic mass is 9.98. The molecule has 2 aromatic carbocycles. The van der Waals surface area contributed by atoms with Crippen molar-refractivity contribution in [2.45, 2.75) is 32.7 Å². The lowest BCUT2D eigenvalue weighted by molar-refractivity contribution is 0.255. The Morgan fingerprint density at radius 1 is 1.05 bits per heavy atom. The number of fused-ring (bicyclic) bond motifs is 1. The Balaban J connectivity index is 2.22. The molecule has 1 N–H and O–H groups in total. The average Bonchev–Trinajstić information content (AvgIpc) is 2.55. The molecule has 114 valence electrons. The first-order valence-electron chi connectivity index (χ1n) is 8.17. The third kappa shape index (κ3) is 4.05. The monoisotopic (exact) mass is 284 g/mol. The molecule has 21 heavy (non-hydrogen) atoms. The van der Waals surface area contributed by atoms with Crippen LogP contribution in [0, 0.1) is 0 Å². The number of hydrogen-bond acceptors (Lipinski definition) is 2. The molecule has 0 heterocycles. The summed E-state index contributed by atoms with van der Waals surface area (Å²) in [5, 5.41) is 6.20. The van der Waals surface area contributed by atoms with Gasteiger partial charge in [0, 0.05) is 12.6 Å². The van der Waals surface area contributed by atoms with Crippen LogP contribution in [0.1, 0.15) is 38.3 Å². The second-order valence-electron chi connectivity index (χ2n) is 5.66. The smallest absolute Gasteiger partial charge is 0.0453 e. The van der Waals surface area contributed by atoms with E-state index >= 15 is 0 Å². The molecule has 0 spiro atoms. The molecule has 1 atom stereocenters. The fraction of sp³-hybridized carbons (Fsp3) is 0.474. The Morgan fingerprint density at radius 2 is 1.81 bits per heavy atom. The number of likely N-dealkylation sites (N-methyl/N-ethyl adjacent to an activating group) is 2. The van der Waals surface area contributed by atoms with E-state index in [-0.39, 0.29) is 0 Å². The predicted octanol–water partition coefficient (Wildman–Crippen LogP) is 4.22. The Bertz CT molecular complexity index is 545. The molecule has 0 aromatic heterocycles. The Morgan fingerprint density at radius 3 is 2.52 bits per heavy atom. The number of hydrogen-bond donors (Lipinski definition) is 1. The maximum absolute atomic E-state index is 3.51. The van der Waals surface area contributed by atoms with Crippen molar-refractivity contribution >= 4 is 10.8 Å². The average molecular weight is 284 g/mol. The number of nitrogens with zero attached hydrogens (tertiary/aromatic N) is 1. The molecule has 0 bridgehead atoms. The number of benzene rings is 2. The van der Waals surface area contributed by atoms with Gasteiger partial charge in [-0.3, -0.25) is 0 Å². The molecule has 2 aromatic rings. The quantitative estimate of drug-likeness (QED) is 0.780. The summed E-state index contributed by atoms with van der Waals surface area (Å²) < 4.78 is 0. The molecule has 2 nitrogen and oxygen atoms in total. The molecule has 0 aliphatic carbocycles. The van der Waals surface area contributed by atoms with Crippen molar-refractivity contribution in [1.82, 2.24) is 10.2 Å². The normalized spacial score (nSPS) is 13.0. The first-order chi connectivity index (χ1) is 10.3. The van der Waals surface area contributed by atoms with Crippen LogP contribution in [-0.2, 0) is 0 Å². The van der Waals surface area contributed by atoms with Gasteiger partial charge in [-0.05, 0) is 42.9 Å². The van der Waals surface area contributed by atoms with Gasteiger partial charge >= 0.3 is 0 Å². The van der Waals surface area contributed by atoms with Gasteiger partial charge in [0.05, 0.1) is 0 Å². The van der Waals surface area contributed by atoms with Crippen LogP contribution in [0.4, 0.5) is 0 Å². The van der Waals surface area contributed by atoms with Crippen molar-refractivity contribution in [1.29, 1.82) is 0 Å². The van der Waals surface area contributed by atoms with Crippen molar-refractivity contribution in [3.8, 4) is 0 Å². The molecular formula is C19H28N2. The molecule has 0 fully saturated rings. The second kappa shape index (κ2) is 8.16. The van der Waals surface area contributed by atoms with E-state index in [1.165, 1.54) is 35.7 Å². The standard InChI is InChI=1S/C19H28N2/c1-4-6-14-21(5-2)15-19(20-3)18-13-9-11-16-10-7-8-12-17(16)18/h7-13,19-20H,4-6,14-15H2,1-3H3. The van der Waals surface area contributed by atoms with Crippen molar-refractivity contribution in [2.75, 3.05) is 26.7 Å². The summed E-state index contributed by atoms with van der Waals surface area (Å²) in [7, 11) is 2.07. The minimum absolute atomic E-state index is 0.382. The number of nitrogens with one attached hydrogen (secondary N) is 1. The fourth-order valence-corrected chi connectivity index (χ4v) is 2.92. The molecule has 2 heteroatoms. The van der Waals surface area contributed by atoms with Crippen LogP contribution in [0.5, 0.6) is 0 Å². The van der Waals surface area contributed by atoms with Gasteiger partial charge in [-0.25, -0.2) is 0 Å². The highest BCUT2D eigenvalue weighted by atomic mass is 15.1. The van der Waals surface area contributed by atoms with Crippen LogP contribution in [0.25, 0.3) is 10.8 Å². The minimum atomic E-state index is 0.382. The highest BCUT2D eigenvalue weighted by molar-refractivity contribution is 5.86. The SMILES string of the molecule is CCCCN(CC)CC(NC)c1cccc2ccccc12. The van der Waals surface area contributed by atoms with Crippen molar-refractivity contribution in [3.63, 3.8) is 0 Å². The third-order valence-corrected chi connectivity index (χ3v) is 4.26. The van der Waals surface area contributed by atoms with E-state index in [0.717, 1.165) is 13.1 Å². The lowest BCUT2D eigenvalue weighted by Gasteiger charge is -2.27. The van der Waals surface area contributed by atoms with Crippen LogP contribution in [0.3, 0.4) is 0 Å². The number of rotatable bonds is 8. The largest absolute Gasteiger partial charge is 0.312 e. The molecule has 0 amide bonds. The van der Waals surface area contributed by atoms with Gasteiger partial charge < -0.3 is 10.2 Å². The van der Waals surface area contributed by atoms with Crippen LogP contribution in [0.2, 0.25) is 0 Å². The molecule has 0 aliphatic heterocycles. The molecule has 0 saturated heterocycles. The summed E-state index contributed by atoms with van der Waals surface area (Å²) in [6.45, 7) is 7.89. The highest BCUT2D eigenvalue weighted by Crippen LogP contribution is 2.24.